The van der Waals surface area contributed by atoms with E-state index in [-0.39, 0.29) is 6.61 Å². The predicted molar refractivity (Wildman–Crippen MR) is 83.2 cm³/mol. The Kier molecular flexibility index (Phi) is 5.72. The van der Waals surface area contributed by atoms with Gasteiger partial charge in [0, 0.05) is 17.3 Å². The summed E-state index contributed by atoms with van der Waals surface area (Å²) in [6.07, 6.45) is 6.50. The third-order valence-corrected chi connectivity index (χ3v) is 4.32. The highest BCUT2D eigenvalue weighted by atomic mass is 16.5. The molecule has 1 saturated carbocycles. The molecule has 2 N–H and O–H groups in total. The molecule has 2 unspecified atom stereocenters. The first kappa shape index (κ1) is 15.2. The van der Waals surface area contributed by atoms with Gasteiger partial charge in [-0.25, -0.2) is 0 Å². The fraction of sp³-hybridized carbons (Fsp3) is 0.647. The Morgan fingerprint density at radius 2 is 2.05 bits per heavy atom. The molecule has 0 spiro atoms. The minimum Gasteiger partial charge on any atom is -0.494 e. The maximum atomic E-state index is 9.47. The fourth-order valence-electron chi connectivity index (χ4n) is 3.19. The monoisotopic (exact) mass is 277 g/mol. The van der Waals surface area contributed by atoms with Crippen molar-refractivity contribution in [1.29, 1.82) is 0 Å². The first-order valence-electron chi connectivity index (χ1n) is 7.91. The number of nitrogens with one attached hydrogen (secondary N) is 1. The van der Waals surface area contributed by atoms with Crippen LogP contribution >= 0.6 is 0 Å². The molecule has 0 aliphatic heterocycles. The van der Waals surface area contributed by atoms with Crippen molar-refractivity contribution < 1.29 is 9.84 Å². The average molecular weight is 277 g/mol. The van der Waals surface area contributed by atoms with E-state index in [0.717, 1.165) is 22.9 Å². The molecule has 1 fully saturated rings. The van der Waals surface area contributed by atoms with Crippen LogP contribution in [0, 0.1) is 5.92 Å². The molecule has 0 heterocycles. The molecule has 1 aliphatic carbocycles. The van der Waals surface area contributed by atoms with E-state index < -0.39 is 0 Å². The van der Waals surface area contributed by atoms with E-state index >= 15 is 0 Å². The van der Waals surface area contributed by atoms with Crippen LogP contribution in [-0.4, -0.2) is 17.8 Å². The van der Waals surface area contributed by atoms with E-state index in [1.165, 1.54) is 32.1 Å². The number of anilines is 1. The summed E-state index contributed by atoms with van der Waals surface area (Å²) in [5.74, 6) is 1.56. The van der Waals surface area contributed by atoms with Gasteiger partial charge in [0.05, 0.1) is 13.2 Å². The fourth-order valence-corrected chi connectivity index (χ4v) is 3.19. The van der Waals surface area contributed by atoms with Gasteiger partial charge in [0.15, 0.2) is 0 Å². The molecule has 0 amide bonds. The van der Waals surface area contributed by atoms with Crippen molar-refractivity contribution in [3.05, 3.63) is 23.8 Å². The van der Waals surface area contributed by atoms with Crippen molar-refractivity contribution in [1.82, 2.24) is 0 Å². The van der Waals surface area contributed by atoms with Crippen LogP contribution in [0.2, 0.25) is 0 Å². The van der Waals surface area contributed by atoms with Gasteiger partial charge in [-0.15, -0.1) is 0 Å². The van der Waals surface area contributed by atoms with Gasteiger partial charge in [-0.2, -0.15) is 0 Å². The molecule has 0 aromatic heterocycles. The van der Waals surface area contributed by atoms with Crippen LogP contribution in [0.1, 0.15) is 51.5 Å². The number of rotatable bonds is 6. The Balaban J connectivity index is 2.08. The van der Waals surface area contributed by atoms with Gasteiger partial charge < -0.3 is 15.2 Å². The van der Waals surface area contributed by atoms with Crippen LogP contribution in [0.3, 0.4) is 0 Å². The minimum absolute atomic E-state index is 0.0206. The summed E-state index contributed by atoms with van der Waals surface area (Å²) in [4.78, 5) is 0. The van der Waals surface area contributed by atoms with Crippen LogP contribution in [0.15, 0.2) is 18.2 Å². The zero-order valence-corrected chi connectivity index (χ0v) is 12.7. The molecule has 20 heavy (non-hydrogen) atoms. The lowest BCUT2D eigenvalue weighted by Gasteiger charge is -2.32. The Labute approximate surface area is 122 Å². The van der Waals surface area contributed by atoms with Crippen molar-refractivity contribution in [3.63, 3.8) is 0 Å². The molecule has 3 nitrogen and oxygen atoms in total. The van der Waals surface area contributed by atoms with Gasteiger partial charge >= 0.3 is 0 Å². The topological polar surface area (TPSA) is 41.5 Å². The normalized spacial score (nSPS) is 22.6. The second-order valence-corrected chi connectivity index (χ2v) is 5.62. The van der Waals surface area contributed by atoms with E-state index in [4.69, 9.17) is 4.74 Å². The molecule has 3 heteroatoms. The van der Waals surface area contributed by atoms with Crippen LogP contribution in [0.25, 0.3) is 0 Å². The number of hydrogen-bond acceptors (Lipinski definition) is 3. The second-order valence-electron chi connectivity index (χ2n) is 5.62. The summed E-state index contributed by atoms with van der Waals surface area (Å²) >= 11 is 0. The lowest BCUT2D eigenvalue weighted by atomic mass is 9.83. The SMILES string of the molecule is CCOc1ccc(NC2CCCCC2CC)cc1CO. The molecule has 1 aromatic rings. The number of ether oxygens (including phenoxy) is 1. The number of aliphatic hydroxyl groups excluding tert-OH is 1. The summed E-state index contributed by atoms with van der Waals surface area (Å²) in [5, 5.41) is 13.1. The second kappa shape index (κ2) is 7.53. The number of hydrogen-bond donors (Lipinski definition) is 2. The third-order valence-electron chi connectivity index (χ3n) is 4.32. The van der Waals surface area contributed by atoms with Gasteiger partial charge in [-0.05, 0) is 43.9 Å². The zero-order chi connectivity index (χ0) is 14.4. The number of aliphatic hydroxyl groups is 1. The Morgan fingerprint density at radius 1 is 1.25 bits per heavy atom. The summed E-state index contributed by atoms with van der Waals surface area (Å²) in [6, 6.07) is 6.61. The summed E-state index contributed by atoms with van der Waals surface area (Å²) in [6.45, 7) is 4.89. The van der Waals surface area contributed by atoms with Crippen molar-refractivity contribution in [2.75, 3.05) is 11.9 Å². The van der Waals surface area contributed by atoms with E-state index in [9.17, 15) is 5.11 Å². The van der Waals surface area contributed by atoms with Gasteiger partial charge in [0.25, 0.3) is 0 Å². The lowest BCUT2D eigenvalue weighted by Crippen LogP contribution is -2.31. The van der Waals surface area contributed by atoms with E-state index in [0.29, 0.717) is 12.6 Å². The first-order valence-corrected chi connectivity index (χ1v) is 7.91. The minimum atomic E-state index is 0.0206. The summed E-state index contributed by atoms with van der Waals surface area (Å²) in [7, 11) is 0. The highest BCUT2D eigenvalue weighted by Crippen LogP contribution is 2.31. The molecule has 1 aromatic carbocycles. The van der Waals surface area contributed by atoms with Gasteiger partial charge in [0.2, 0.25) is 0 Å². The average Bonchev–Trinajstić information content (AvgIpc) is 2.49. The molecular formula is C17H27NO2. The standard InChI is InChI=1S/C17H27NO2/c1-3-13-7-5-6-8-16(13)18-15-9-10-17(20-4-2)14(11-15)12-19/h9-11,13,16,18-19H,3-8,12H2,1-2H3. The van der Waals surface area contributed by atoms with Gasteiger partial charge in [-0.1, -0.05) is 26.2 Å². The van der Waals surface area contributed by atoms with Crippen molar-refractivity contribution in [2.45, 2.75) is 58.6 Å². The smallest absolute Gasteiger partial charge is 0.124 e. The third kappa shape index (κ3) is 3.66. The molecule has 2 rings (SSSR count). The predicted octanol–water partition coefficient (Wildman–Crippen LogP) is 3.96. The van der Waals surface area contributed by atoms with E-state index in [1.807, 2.05) is 19.1 Å². The Hall–Kier alpha value is -1.22. The molecular weight excluding hydrogens is 250 g/mol. The quantitative estimate of drug-likeness (QED) is 0.827. The Bertz CT molecular complexity index is 419. The van der Waals surface area contributed by atoms with Crippen LogP contribution < -0.4 is 10.1 Å². The molecule has 0 saturated heterocycles. The van der Waals surface area contributed by atoms with E-state index in [1.54, 1.807) is 0 Å². The highest BCUT2D eigenvalue weighted by molar-refractivity contribution is 5.51. The van der Waals surface area contributed by atoms with Gasteiger partial charge in [-0.3, -0.25) is 0 Å². The van der Waals surface area contributed by atoms with Crippen LogP contribution in [0.4, 0.5) is 5.69 Å². The van der Waals surface area contributed by atoms with Crippen molar-refractivity contribution in [2.24, 2.45) is 5.92 Å². The van der Waals surface area contributed by atoms with Crippen LogP contribution in [0.5, 0.6) is 5.75 Å². The molecule has 112 valence electrons. The van der Waals surface area contributed by atoms with Crippen molar-refractivity contribution in [3.8, 4) is 5.75 Å². The molecule has 2 atom stereocenters. The van der Waals surface area contributed by atoms with Crippen LogP contribution in [-0.2, 0) is 6.61 Å². The number of benzene rings is 1. The molecule has 0 bridgehead atoms. The maximum absolute atomic E-state index is 9.47. The highest BCUT2D eigenvalue weighted by Gasteiger charge is 2.23. The Morgan fingerprint density at radius 3 is 2.75 bits per heavy atom. The largest absolute Gasteiger partial charge is 0.494 e. The lowest BCUT2D eigenvalue weighted by molar-refractivity contribution is 0.267. The molecule has 0 radical (unpaired) electrons. The maximum Gasteiger partial charge on any atom is 0.124 e. The zero-order valence-electron chi connectivity index (χ0n) is 12.7. The van der Waals surface area contributed by atoms with Crippen molar-refractivity contribution >= 4 is 5.69 Å². The van der Waals surface area contributed by atoms with E-state index in [2.05, 4.69) is 18.3 Å². The summed E-state index contributed by atoms with van der Waals surface area (Å²) < 4.78 is 5.53. The first-order chi connectivity index (χ1) is 9.78. The van der Waals surface area contributed by atoms with Gasteiger partial charge in [0.1, 0.15) is 5.75 Å². The summed E-state index contributed by atoms with van der Waals surface area (Å²) in [5.41, 5.74) is 1.96. The molecule has 1 aliphatic rings.